The Morgan fingerprint density at radius 1 is 1.08 bits per heavy atom. The number of phenolic OH excluding ortho intramolecular Hbond substituents is 1. The van der Waals surface area contributed by atoms with Crippen LogP contribution in [0.2, 0.25) is 0 Å². The monoisotopic (exact) mass is 369 g/mol. The van der Waals surface area contributed by atoms with Gasteiger partial charge in [0.2, 0.25) is 0 Å². The third-order valence-corrected chi connectivity index (χ3v) is 5.84. The summed E-state index contributed by atoms with van der Waals surface area (Å²) in [6.45, 7) is 3.05. The highest BCUT2D eigenvalue weighted by atomic mass is 32.1. The maximum Gasteiger partial charge on any atom is 0.260 e. The highest BCUT2D eigenvalue weighted by Crippen LogP contribution is 2.39. The van der Waals surface area contributed by atoms with Gasteiger partial charge in [-0.2, -0.15) is 0 Å². The lowest BCUT2D eigenvalue weighted by atomic mass is 10.1. The highest BCUT2D eigenvalue weighted by molar-refractivity contribution is 7.21. The largest absolute Gasteiger partial charge is 0.506 e. The molecule has 0 aliphatic carbocycles. The number of carbonyl (C=O) groups is 1. The Kier molecular flexibility index (Phi) is 4.04. The molecular weight excluding hydrogens is 350 g/mol. The molecule has 7 nitrogen and oxygen atoms in total. The second-order valence-electron chi connectivity index (χ2n) is 6.20. The first-order chi connectivity index (χ1) is 12.6. The van der Waals surface area contributed by atoms with Crippen LogP contribution in [0.4, 0.5) is 17.1 Å². The molecule has 1 aliphatic rings. The molecule has 0 atom stereocenters. The third kappa shape index (κ3) is 2.68. The number of phenols is 1. The number of piperazine rings is 1. The number of carbonyl (C=O) groups excluding carboxylic acids is 1. The van der Waals surface area contributed by atoms with Crippen molar-refractivity contribution in [3.05, 3.63) is 41.5 Å². The maximum atomic E-state index is 11.6. The molecule has 0 saturated carbocycles. The minimum atomic E-state index is -0.515. The number of hydrogen-bond acceptors (Lipinski definition) is 7. The van der Waals surface area contributed by atoms with E-state index in [4.69, 9.17) is 11.5 Å². The van der Waals surface area contributed by atoms with Gasteiger partial charge in [0.1, 0.15) is 10.6 Å². The number of nitrogens with zero attached hydrogens (tertiary/aromatic N) is 3. The number of primary amides is 1. The molecule has 1 aliphatic heterocycles. The number of fused-ring (bicyclic) bond motifs is 1. The Balaban J connectivity index is 1.62. The molecule has 3 heterocycles. The molecule has 26 heavy (non-hydrogen) atoms. The molecule has 1 saturated heterocycles. The van der Waals surface area contributed by atoms with E-state index >= 15 is 0 Å². The molecule has 134 valence electrons. The minimum Gasteiger partial charge on any atom is -0.506 e. The first-order valence-corrected chi connectivity index (χ1v) is 9.11. The fraction of sp³-hybridized carbons (Fsp3) is 0.222. The van der Waals surface area contributed by atoms with Crippen molar-refractivity contribution in [3.63, 3.8) is 0 Å². The molecule has 5 N–H and O–H groups in total. The minimum absolute atomic E-state index is 0.290. The van der Waals surface area contributed by atoms with Crippen LogP contribution in [0, 0.1) is 0 Å². The number of aromatic nitrogens is 1. The normalized spacial score (nSPS) is 14.8. The smallest absolute Gasteiger partial charge is 0.260 e. The molecule has 8 heteroatoms. The Hall–Kier alpha value is -3.00. The van der Waals surface area contributed by atoms with Crippen molar-refractivity contribution in [2.24, 2.45) is 5.73 Å². The number of aromatic hydroxyl groups is 1. The fourth-order valence-corrected chi connectivity index (χ4v) is 4.36. The van der Waals surface area contributed by atoms with Crippen molar-refractivity contribution in [2.75, 3.05) is 41.7 Å². The molecule has 3 aromatic rings. The molecule has 0 bridgehead atoms. The maximum absolute atomic E-state index is 11.6. The summed E-state index contributed by atoms with van der Waals surface area (Å²) in [4.78, 5) is 20.6. The second kappa shape index (κ2) is 6.38. The number of benzene rings is 1. The summed E-state index contributed by atoms with van der Waals surface area (Å²) in [5.74, 6) is -0.225. The van der Waals surface area contributed by atoms with Crippen LogP contribution in [0.25, 0.3) is 10.1 Å². The summed E-state index contributed by atoms with van der Waals surface area (Å²) in [5.41, 5.74) is 13.8. The van der Waals surface area contributed by atoms with Crippen LogP contribution < -0.4 is 21.3 Å². The number of pyridine rings is 1. The van der Waals surface area contributed by atoms with Crippen molar-refractivity contribution in [1.82, 2.24) is 4.98 Å². The Morgan fingerprint density at radius 2 is 1.73 bits per heavy atom. The van der Waals surface area contributed by atoms with Gasteiger partial charge in [0.15, 0.2) is 0 Å². The lowest BCUT2D eigenvalue weighted by Gasteiger charge is -2.37. The Bertz CT molecular complexity index is 979. The van der Waals surface area contributed by atoms with Crippen LogP contribution in [-0.4, -0.2) is 42.2 Å². The predicted octanol–water partition coefficient (Wildman–Crippen LogP) is 2.01. The SMILES string of the molecule is NC(=O)c1sc2cncc(N3CCN(c4ccccc4O)CC3)c2c1N. The zero-order valence-corrected chi connectivity index (χ0v) is 14.9. The van der Waals surface area contributed by atoms with E-state index in [2.05, 4.69) is 14.8 Å². The Labute approximate surface area is 154 Å². The van der Waals surface area contributed by atoms with Gasteiger partial charge in [-0.3, -0.25) is 9.78 Å². The van der Waals surface area contributed by atoms with E-state index in [-0.39, 0.29) is 5.75 Å². The summed E-state index contributed by atoms with van der Waals surface area (Å²) < 4.78 is 0.858. The summed E-state index contributed by atoms with van der Waals surface area (Å²) in [5, 5.41) is 10.9. The number of nitrogens with two attached hydrogens (primary N) is 2. The van der Waals surface area contributed by atoms with Crippen LogP contribution in [0.5, 0.6) is 5.75 Å². The van der Waals surface area contributed by atoms with Crippen LogP contribution >= 0.6 is 11.3 Å². The van der Waals surface area contributed by atoms with Crippen molar-refractivity contribution in [3.8, 4) is 5.75 Å². The molecule has 2 aromatic heterocycles. The average molecular weight is 369 g/mol. The number of anilines is 3. The van der Waals surface area contributed by atoms with E-state index in [1.165, 1.54) is 11.3 Å². The van der Waals surface area contributed by atoms with E-state index in [0.717, 1.165) is 47.6 Å². The van der Waals surface area contributed by atoms with Crippen LogP contribution in [0.3, 0.4) is 0 Å². The van der Waals surface area contributed by atoms with Gasteiger partial charge >= 0.3 is 0 Å². The summed E-state index contributed by atoms with van der Waals surface area (Å²) >= 11 is 1.28. The van der Waals surface area contributed by atoms with E-state index in [9.17, 15) is 9.90 Å². The van der Waals surface area contributed by atoms with Crippen molar-refractivity contribution in [1.29, 1.82) is 0 Å². The number of nitrogen functional groups attached to an aromatic ring is 1. The standard InChI is InChI=1S/C18H19N5O2S/c19-16-15-12(9-21-10-14(15)26-17(16)18(20)25)23-7-5-22(6-8-23)11-3-1-2-4-13(11)24/h1-4,9-10,24H,5-8,19H2,(H2,20,25). The first kappa shape index (κ1) is 16.5. The van der Waals surface area contributed by atoms with E-state index in [1.807, 2.05) is 18.2 Å². The third-order valence-electron chi connectivity index (χ3n) is 4.68. The number of amides is 1. The van der Waals surface area contributed by atoms with Gasteiger partial charge in [0.25, 0.3) is 5.91 Å². The number of para-hydroxylation sites is 2. The molecule has 0 radical (unpaired) electrons. The summed E-state index contributed by atoms with van der Waals surface area (Å²) in [7, 11) is 0. The van der Waals surface area contributed by atoms with Gasteiger partial charge < -0.3 is 26.4 Å². The lowest BCUT2D eigenvalue weighted by Crippen LogP contribution is -2.46. The van der Waals surface area contributed by atoms with E-state index in [0.29, 0.717) is 10.6 Å². The average Bonchev–Trinajstić information content (AvgIpc) is 3.00. The van der Waals surface area contributed by atoms with Gasteiger partial charge in [-0.15, -0.1) is 11.3 Å². The van der Waals surface area contributed by atoms with Gasteiger partial charge in [-0.25, -0.2) is 0 Å². The van der Waals surface area contributed by atoms with Crippen molar-refractivity contribution >= 4 is 44.4 Å². The fourth-order valence-electron chi connectivity index (χ4n) is 3.40. The van der Waals surface area contributed by atoms with Gasteiger partial charge in [-0.05, 0) is 12.1 Å². The number of hydrogen-bond donors (Lipinski definition) is 3. The van der Waals surface area contributed by atoms with Gasteiger partial charge in [-0.1, -0.05) is 12.1 Å². The quantitative estimate of drug-likeness (QED) is 0.652. The van der Waals surface area contributed by atoms with Crippen molar-refractivity contribution in [2.45, 2.75) is 0 Å². The van der Waals surface area contributed by atoms with Gasteiger partial charge in [0, 0.05) is 37.8 Å². The topological polar surface area (TPSA) is 109 Å². The van der Waals surface area contributed by atoms with E-state index in [1.54, 1.807) is 18.5 Å². The predicted molar refractivity (Wildman–Crippen MR) is 105 cm³/mol. The van der Waals surface area contributed by atoms with E-state index < -0.39 is 5.91 Å². The van der Waals surface area contributed by atoms with Gasteiger partial charge in [0.05, 0.1) is 28.0 Å². The molecule has 1 amide bonds. The first-order valence-electron chi connectivity index (χ1n) is 8.30. The number of thiophene rings is 1. The molecule has 4 rings (SSSR count). The molecular formula is C18H19N5O2S. The highest BCUT2D eigenvalue weighted by Gasteiger charge is 2.24. The molecule has 0 spiro atoms. The van der Waals surface area contributed by atoms with Crippen LogP contribution in [0.1, 0.15) is 9.67 Å². The molecule has 1 aromatic carbocycles. The summed E-state index contributed by atoms with van der Waals surface area (Å²) in [6.07, 6.45) is 3.50. The lowest BCUT2D eigenvalue weighted by molar-refractivity contribution is 0.100. The second-order valence-corrected chi connectivity index (χ2v) is 7.26. The van der Waals surface area contributed by atoms with Crippen LogP contribution in [-0.2, 0) is 0 Å². The molecule has 0 unspecified atom stereocenters. The Morgan fingerprint density at radius 3 is 2.38 bits per heavy atom. The molecule has 1 fully saturated rings. The summed E-state index contributed by atoms with van der Waals surface area (Å²) in [6, 6.07) is 7.35. The van der Waals surface area contributed by atoms with Crippen molar-refractivity contribution < 1.29 is 9.90 Å². The zero-order valence-electron chi connectivity index (χ0n) is 14.1. The number of rotatable bonds is 3. The van der Waals surface area contributed by atoms with Crippen LogP contribution in [0.15, 0.2) is 36.7 Å². The zero-order chi connectivity index (χ0) is 18.3.